The third-order valence-electron chi connectivity index (χ3n) is 7.64. The number of carbonyl (C=O) groups is 2. The van der Waals surface area contributed by atoms with Crippen molar-refractivity contribution < 1.29 is 19.4 Å². The highest BCUT2D eigenvalue weighted by Gasteiger charge is 2.47. The number of nitrogens with zero attached hydrogens (tertiary/aromatic N) is 1. The average Bonchev–Trinajstić information content (AvgIpc) is 3.22. The lowest BCUT2D eigenvalue weighted by atomic mass is 9.85. The Balaban J connectivity index is 1.59. The van der Waals surface area contributed by atoms with Crippen LogP contribution in [0.4, 0.5) is 5.69 Å². The van der Waals surface area contributed by atoms with Gasteiger partial charge in [0, 0.05) is 16.3 Å². The van der Waals surface area contributed by atoms with Crippen LogP contribution < -0.4 is 9.64 Å². The molecule has 42 heavy (non-hydrogen) atoms. The maximum Gasteiger partial charge on any atom is 0.300 e. The first-order valence-electron chi connectivity index (χ1n) is 13.9. The van der Waals surface area contributed by atoms with E-state index >= 15 is 0 Å². The zero-order valence-electron chi connectivity index (χ0n) is 24.4. The first kappa shape index (κ1) is 29.2. The Morgan fingerprint density at radius 1 is 0.881 bits per heavy atom. The molecule has 5 nitrogen and oxygen atoms in total. The molecule has 1 N–H and O–H groups in total. The van der Waals surface area contributed by atoms with Crippen molar-refractivity contribution in [3.8, 4) is 5.75 Å². The van der Waals surface area contributed by atoms with E-state index < -0.39 is 17.7 Å². The molecule has 0 bridgehead atoms. The molecule has 6 heteroatoms. The van der Waals surface area contributed by atoms with Crippen LogP contribution in [0, 0.1) is 13.8 Å². The third kappa shape index (κ3) is 5.70. The van der Waals surface area contributed by atoms with Crippen LogP contribution in [-0.2, 0) is 21.6 Å². The number of aliphatic hydroxyl groups excluding tert-OH is 1. The average molecular weight is 580 g/mol. The van der Waals surface area contributed by atoms with E-state index in [2.05, 4.69) is 20.8 Å². The van der Waals surface area contributed by atoms with Gasteiger partial charge in [0.2, 0.25) is 0 Å². The Hall–Kier alpha value is -4.35. The van der Waals surface area contributed by atoms with Crippen LogP contribution in [0.25, 0.3) is 5.76 Å². The van der Waals surface area contributed by atoms with Gasteiger partial charge in [-0.15, -0.1) is 0 Å². The van der Waals surface area contributed by atoms with Gasteiger partial charge in [-0.3, -0.25) is 14.5 Å². The van der Waals surface area contributed by atoms with Crippen molar-refractivity contribution in [1.29, 1.82) is 0 Å². The molecule has 5 rings (SSSR count). The molecule has 0 saturated carbocycles. The Kier molecular flexibility index (Phi) is 7.98. The fraction of sp³-hybridized carbons (Fsp3) is 0.222. The number of benzene rings is 4. The molecule has 1 fully saturated rings. The monoisotopic (exact) mass is 579 g/mol. The number of aryl methyl sites for hydroxylation is 2. The topological polar surface area (TPSA) is 66.8 Å². The summed E-state index contributed by atoms with van der Waals surface area (Å²) < 4.78 is 6.01. The fourth-order valence-corrected chi connectivity index (χ4v) is 5.53. The standard InChI is InChI=1S/C36H34ClNO4/c1-22-20-28(37)16-17-29(22)38-32(25-11-14-27(15-12-25)36(3,4)5)31(34(40)35(38)41)33(39)26-13-18-30(23(2)19-26)42-21-24-9-7-6-8-10-24/h6-20,32,39H,21H2,1-5H3/b33-31+. The van der Waals surface area contributed by atoms with Crippen molar-refractivity contribution in [2.45, 2.75) is 52.7 Å². The lowest BCUT2D eigenvalue weighted by Crippen LogP contribution is -2.30. The minimum Gasteiger partial charge on any atom is -0.507 e. The number of Topliss-reactive ketones (excluding diaryl/α,β-unsaturated/α-hetero) is 1. The van der Waals surface area contributed by atoms with E-state index in [-0.39, 0.29) is 16.7 Å². The Labute approximate surface area is 252 Å². The molecular weight excluding hydrogens is 546 g/mol. The highest BCUT2D eigenvalue weighted by atomic mass is 35.5. The van der Waals surface area contributed by atoms with Crippen molar-refractivity contribution >= 4 is 34.7 Å². The van der Waals surface area contributed by atoms with Crippen LogP contribution in [0.3, 0.4) is 0 Å². The van der Waals surface area contributed by atoms with Gasteiger partial charge in [-0.2, -0.15) is 0 Å². The van der Waals surface area contributed by atoms with Crippen LogP contribution in [0.2, 0.25) is 5.02 Å². The van der Waals surface area contributed by atoms with Crippen LogP contribution in [0.1, 0.15) is 60.2 Å². The normalized spacial score (nSPS) is 16.6. The minimum atomic E-state index is -0.826. The summed E-state index contributed by atoms with van der Waals surface area (Å²) in [5, 5.41) is 12.2. The van der Waals surface area contributed by atoms with E-state index in [0.717, 1.165) is 27.8 Å². The first-order valence-corrected chi connectivity index (χ1v) is 14.3. The van der Waals surface area contributed by atoms with Gasteiger partial charge in [-0.05, 0) is 83.5 Å². The molecular formula is C36H34ClNO4. The zero-order chi connectivity index (χ0) is 30.2. The number of ether oxygens (including phenoxy) is 1. The van der Waals surface area contributed by atoms with Gasteiger partial charge in [0.05, 0.1) is 11.6 Å². The van der Waals surface area contributed by atoms with Gasteiger partial charge in [0.15, 0.2) is 0 Å². The number of anilines is 1. The number of rotatable bonds is 6. The minimum absolute atomic E-state index is 0.0372. The highest BCUT2D eigenvalue weighted by molar-refractivity contribution is 6.51. The third-order valence-corrected chi connectivity index (χ3v) is 7.88. The number of aliphatic hydroxyl groups is 1. The summed E-state index contributed by atoms with van der Waals surface area (Å²) in [5.41, 5.74) is 5.38. The smallest absolute Gasteiger partial charge is 0.300 e. The van der Waals surface area contributed by atoms with Crippen molar-refractivity contribution in [3.05, 3.63) is 135 Å². The maximum atomic E-state index is 13.6. The number of halogens is 1. The second-order valence-electron chi connectivity index (χ2n) is 11.7. The second-order valence-corrected chi connectivity index (χ2v) is 12.2. The van der Waals surface area contributed by atoms with E-state index in [4.69, 9.17) is 16.3 Å². The van der Waals surface area contributed by atoms with Gasteiger partial charge in [-0.25, -0.2) is 0 Å². The SMILES string of the molecule is Cc1cc(/C(O)=C2\C(=O)C(=O)N(c3ccc(Cl)cc3C)C2c2ccc(C(C)(C)C)cc2)ccc1OCc1ccccc1. The van der Waals surface area contributed by atoms with Crippen molar-refractivity contribution in [2.75, 3.05) is 4.90 Å². The quantitative estimate of drug-likeness (QED) is 0.141. The molecule has 214 valence electrons. The Morgan fingerprint density at radius 3 is 2.19 bits per heavy atom. The van der Waals surface area contributed by atoms with Gasteiger partial charge in [0.1, 0.15) is 18.1 Å². The maximum absolute atomic E-state index is 13.6. The summed E-state index contributed by atoms with van der Waals surface area (Å²) >= 11 is 6.22. The molecule has 4 aromatic carbocycles. The summed E-state index contributed by atoms with van der Waals surface area (Å²) in [7, 11) is 0. The second kappa shape index (κ2) is 11.5. The molecule has 0 spiro atoms. The highest BCUT2D eigenvalue weighted by Crippen LogP contribution is 2.44. The lowest BCUT2D eigenvalue weighted by molar-refractivity contribution is -0.132. The molecule has 4 aromatic rings. The van der Waals surface area contributed by atoms with E-state index in [0.29, 0.717) is 28.6 Å². The predicted molar refractivity (Wildman–Crippen MR) is 168 cm³/mol. The number of amides is 1. The summed E-state index contributed by atoms with van der Waals surface area (Å²) in [5.74, 6) is -1.01. The number of ketones is 1. The summed E-state index contributed by atoms with van der Waals surface area (Å²) in [6, 6.07) is 27.3. The van der Waals surface area contributed by atoms with Crippen molar-refractivity contribution in [1.82, 2.24) is 0 Å². The molecule has 0 aromatic heterocycles. The lowest BCUT2D eigenvalue weighted by Gasteiger charge is -2.28. The summed E-state index contributed by atoms with van der Waals surface area (Å²) in [6.07, 6.45) is 0. The van der Waals surface area contributed by atoms with Crippen LogP contribution in [-0.4, -0.2) is 16.8 Å². The van der Waals surface area contributed by atoms with Gasteiger partial charge in [-0.1, -0.05) is 87.0 Å². The van der Waals surface area contributed by atoms with Crippen molar-refractivity contribution in [3.63, 3.8) is 0 Å². The van der Waals surface area contributed by atoms with E-state index in [1.807, 2.05) is 68.4 Å². The molecule has 0 radical (unpaired) electrons. The first-order chi connectivity index (χ1) is 20.0. The van der Waals surface area contributed by atoms with Gasteiger partial charge < -0.3 is 9.84 Å². The van der Waals surface area contributed by atoms with E-state index in [1.165, 1.54) is 4.90 Å². The molecule has 1 aliphatic rings. The number of hydrogen-bond donors (Lipinski definition) is 1. The van der Waals surface area contributed by atoms with Crippen LogP contribution in [0.5, 0.6) is 5.75 Å². The van der Waals surface area contributed by atoms with Crippen LogP contribution >= 0.6 is 11.6 Å². The number of carbonyl (C=O) groups excluding carboxylic acids is 2. The van der Waals surface area contributed by atoms with Crippen molar-refractivity contribution in [2.24, 2.45) is 0 Å². The molecule has 1 heterocycles. The number of hydrogen-bond acceptors (Lipinski definition) is 4. The molecule has 1 unspecified atom stereocenters. The molecule has 0 aliphatic carbocycles. The fourth-order valence-electron chi connectivity index (χ4n) is 5.30. The van der Waals surface area contributed by atoms with Gasteiger partial charge in [0.25, 0.3) is 11.7 Å². The summed E-state index contributed by atoms with van der Waals surface area (Å²) in [6.45, 7) is 10.5. The van der Waals surface area contributed by atoms with Crippen LogP contribution in [0.15, 0.2) is 96.6 Å². The summed E-state index contributed by atoms with van der Waals surface area (Å²) in [4.78, 5) is 28.7. The largest absolute Gasteiger partial charge is 0.507 e. The molecule has 1 saturated heterocycles. The molecule has 1 atom stereocenters. The van der Waals surface area contributed by atoms with E-state index in [9.17, 15) is 14.7 Å². The Bertz CT molecular complexity index is 1680. The molecule has 1 aliphatic heterocycles. The molecule has 1 amide bonds. The van der Waals surface area contributed by atoms with E-state index in [1.54, 1.807) is 36.4 Å². The predicted octanol–water partition coefficient (Wildman–Crippen LogP) is 8.46. The zero-order valence-corrected chi connectivity index (χ0v) is 25.2. The van der Waals surface area contributed by atoms with Gasteiger partial charge >= 0.3 is 0 Å². The Morgan fingerprint density at radius 2 is 1.57 bits per heavy atom.